The summed E-state index contributed by atoms with van der Waals surface area (Å²) in [6, 6.07) is 1.32. The van der Waals surface area contributed by atoms with E-state index in [9.17, 15) is 13.2 Å². The minimum absolute atomic E-state index is 0.00785. The zero-order valence-electron chi connectivity index (χ0n) is 9.90. The van der Waals surface area contributed by atoms with E-state index in [2.05, 4.69) is 5.32 Å². The van der Waals surface area contributed by atoms with Gasteiger partial charge < -0.3 is 5.32 Å². The molecule has 1 aromatic heterocycles. The highest BCUT2D eigenvalue weighted by Crippen LogP contribution is 2.35. The van der Waals surface area contributed by atoms with Crippen LogP contribution in [0.15, 0.2) is 15.7 Å². The third-order valence-corrected chi connectivity index (χ3v) is 6.48. The molecule has 100 valence electrons. The van der Waals surface area contributed by atoms with Crippen LogP contribution in [0.1, 0.15) is 43.0 Å². The van der Waals surface area contributed by atoms with Crippen LogP contribution in [0.25, 0.3) is 0 Å². The molecule has 0 unspecified atom stereocenters. The normalized spacial score (nSPS) is 18.1. The van der Waals surface area contributed by atoms with Gasteiger partial charge in [-0.05, 0) is 31.7 Å². The highest BCUT2D eigenvalue weighted by Gasteiger charge is 2.36. The van der Waals surface area contributed by atoms with E-state index in [-0.39, 0.29) is 15.7 Å². The Bertz CT molecular complexity index is 555. The zero-order valence-corrected chi connectivity index (χ0v) is 12.3. The molecule has 0 radical (unpaired) electrons. The summed E-state index contributed by atoms with van der Waals surface area (Å²) in [5.74, 6) is -0.223. The summed E-state index contributed by atoms with van der Waals surface area (Å²) in [5.41, 5.74) is 0.262. The highest BCUT2D eigenvalue weighted by atomic mass is 35.7. The number of halogens is 1. The monoisotopic (exact) mass is 307 g/mol. The van der Waals surface area contributed by atoms with Gasteiger partial charge >= 0.3 is 0 Å². The van der Waals surface area contributed by atoms with Crippen LogP contribution in [0.4, 0.5) is 0 Å². The van der Waals surface area contributed by atoms with Gasteiger partial charge in [-0.15, -0.1) is 11.3 Å². The summed E-state index contributed by atoms with van der Waals surface area (Å²) >= 11 is 0.963. The maximum atomic E-state index is 12.0. The molecule has 1 amide bonds. The third kappa shape index (κ3) is 2.70. The number of carbonyl (C=O) groups is 1. The number of thiophene rings is 1. The number of hydrogen-bond acceptors (Lipinski definition) is 4. The number of nitrogens with one attached hydrogen (secondary N) is 1. The van der Waals surface area contributed by atoms with Crippen LogP contribution in [0.2, 0.25) is 0 Å². The van der Waals surface area contributed by atoms with E-state index in [1.54, 1.807) is 0 Å². The van der Waals surface area contributed by atoms with Gasteiger partial charge in [0.1, 0.15) is 4.21 Å². The largest absolute Gasteiger partial charge is 0.347 e. The summed E-state index contributed by atoms with van der Waals surface area (Å²) in [6.07, 6.45) is 3.99. The Morgan fingerprint density at radius 1 is 1.56 bits per heavy atom. The molecule has 1 heterocycles. The Morgan fingerprint density at radius 3 is 2.61 bits per heavy atom. The number of rotatable bonds is 4. The molecular weight excluding hydrogens is 294 g/mol. The SMILES string of the molecule is CCC1(NC(=O)c2csc(S(=O)(=O)Cl)c2)CCC1. The molecular formula is C11H14ClNO3S2. The van der Waals surface area contributed by atoms with Crippen molar-refractivity contribution in [2.24, 2.45) is 0 Å². The molecule has 1 aromatic rings. The minimum atomic E-state index is -3.75. The van der Waals surface area contributed by atoms with Crippen molar-refractivity contribution in [3.05, 3.63) is 17.0 Å². The molecule has 0 aromatic carbocycles. The molecule has 0 bridgehead atoms. The minimum Gasteiger partial charge on any atom is -0.347 e. The molecule has 4 nitrogen and oxygen atoms in total. The van der Waals surface area contributed by atoms with E-state index in [0.717, 1.165) is 37.0 Å². The first-order valence-corrected chi connectivity index (χ1v) is 8.91. The van der Waals surface area contributed by atoms with Gasteiger partial charge in [0.2, 0.25) is 0 Å². The fraction of sp³-hybridized carbons (Fsp3) is 0.545. The van der Waals surface area contributed by atoms with E-state index in [1.807, 2.05) is 6.92 Å². The molecule has 1 N–H and O–H groups in total. The van der Waals surface area contributed by atoms with Gasteiger partial charge in [-0.25, -0.2) is 8.42 Å². The Kier molecular flexibility index (Phi) is 3.71. The maximum Gasteiger partial charge on any atom is 0.270 e. The van der Waals surface area contributed by atoms with Gasteiger partial charge in [0, 0.05) is 21.6 Å². The second-order valence-corrected chi connectivity index (χ2v) is 8.24. The van der Waals surface area contributed by atoms with E-state index in [4.69, 9.17) is 10.7 Å². The predicted molar refractivity (Wildman–Crippen MR) is 71.7 cm³/mol. The van der Waals surface area contributed by atoms with Crippen LogP contribution in [0, 0.1) is 0 Å². The maximum absolute atomic E-state index is 12.0. The van der Waals surface area contributed by atoms with Gasteiger partial charge in [-0.2, -0.15) is 0 Å². The van der Waals surface area contributed by atoms with Crippen molar-refractivity contribution in [1.82, 2.24) is 5.32 Å². The van der Waals surface area contributed by atoms with E-state index >= 15 is 0 Å². The Balaban J connectivity index is 2.12. The molecule has 0 spiro atoms. The molecule has 0 atom stereocenters. The second kappa shape index (κ2) is 4.83. The number of amides is 1. The summed E-state index contributed by atoms with van der Waals surface area (Å²) in [4.78, 5) is 12.0. The topological polar surface area (TPSA) is 63.2 Å². The van der Waals surface area contributed by atoms with Gasteiger partial charge in [-0.3, -0.25) is 4.79 Å². The second-order valence-electron chi connectivity index (χ2n) is 4.53. The van der Waals surface area contributed by atoms with Crippen molar-refractivity contribution in [3.8, 4) is 0 Å². The van der Waals surface area contributed by atoms with Crippen LogP contribution in [-0.4, -0.2) is 19.9 Å². The first-order chi connectivity index (χ1) is 8.36. The van der Waals surface area contributed by atoms with Crippen LogP contribution >= 0.6 is 22.0 Å². The molecule has 1 aliphatic carbocycles. The quantitative estimate of drug-likeness (QED) is 0.870. The van der Waals surface area contributed by atoms with E-state index in [1.165, 1.54) is 11.4 Å². The molecule has 0 saturated heterocycles. The fourth-order valence-corrected chi connectivity index (χ4v) is 3.99. The number of hydrogen-bond donors (Lipinski definition) is 1. The first kappa shape index (κ1) is 13.8. The van der Waals surface area contributed by atoms with Crippen LogP contribution in [-0.2, 0) is 9.05 Å². The Labute approximate surface area is 115 Å². The van der Waals surface area contributed by atoms with E-state index < -0.39 is 9.05 Å². The molecule has 1 saturated carbocycles. The third-order valence-electron chi connectivity index (χ3n) is 3.44. The van der Waals surface area contributed by atoms with Crippen molar-refractivity contribution in [2.45, 2.75) is 42.4 Å². The molecule has 1 fully saturated rings. The summed E-state index contributed by atoms with van der Waals surface area (Å²) in [6.45, 7) is 2.04. The fourth-order valence-electron chi connectivity index (χ4n) is 2.05. The van der Waals surface area contributed by atoms with Crippen molar-refractivity contribution in [3.63, 3.8) is 0 Å². The lowest BCUT2D eigenvalue weighted by Gasteiger charge is -2.41. The molecule has 7 heteroatoms. The highest BCUT2D eigenvalue weighted by molar-refractivity contribution is 8.15. The average Bonchev–Trinajstić information content (AvgIpc) is 2.71. The predicted octanol–water partition coefficient (Wildman–Crippen LogP) is 2.74. The lowest BCUT2D eigenvalue weighted by molar-refractivity contribution is 0.0821. The summed E-state index contributed by atoms with van der Waals surface area (Å²) in [7, 11) is 1.48. The van der Waals surface area contributed by atoms with Gasteiger partial charge in [-0.1, -0.05) is 6.92 Å². The Hall–Kier alpha value is -0.590. The smallest absolute Gasteiger partial charge is 0.270 e. The summed E-state index contributed by atoms with van der Waals surface area (Å²) < 4.78 is 22.3. The van der Waals surface area contributed by atoms with Crippen LogP contribution in [0.3, 0.4) is 0 Å². The van der Waals surface area contributed by atoms with Crippen molar-refractivity contribution in [2.75, 3.05) is 0 Å². The molecule has 18 heavy (non-hydrogen) atoms. The number of carbonyl (C=O) groups excluding carboxylic acids is 1. The molecule has 2 rings (SSSR count). The first-order valence-electron chi connectivity index (χ1n) is 5.72. The lowest BCUT2D eigenvalue weighted by Crippen LogP contribution is -2.52. The Morgan fingerprint density at radius 2 is 2.22 bits per heavy atom. The van der Waals surface area contributed by atoms with Crippen molar-refractivity contribution >= 4 is 37.0 Å². The molecule has 1 aliphatic rings. The lowest BCUT2D eigenvalue weighted by atomic mass is 9.75. The van der Waals surface area contributed by atoms with E-state index in [0.29, 0.717) is 5.56 Å². The van der Waals surface area contributed by atoms with Crippen LogP contribution < -0.4 is 5.32 Å². The van der Waals surface area contributed by atoms with Crippen molar-refractivity contribution in [1.29, 1.82) is 0 Å². The zero-order chi connectivity index (χ0) is 13.4. The van der Waals surface area contributed by atoms with Crippen LogP contribution in [0.5, 0.6) is 0 Å². The van der Waals surface area contributed by atoms with Gasteiger partial charge in [0.25, 0.3) is 15.0 Å². The van der Waals surface area contributed by atoms with Gasteiger partial charge in [0.05, 0.1) is 5.56 Å². The average molecular weight is 308 g/mol. The summed E-state index contributed by atoms with van der Waals surface area (Å²) in [5, 5.41) is 4.51. The molecule has 0 aliphatic heterocycles. The van der Waals surface area contributed by atoms with Gasteiger partial charge in [0.15, 0.2) is 0 Å². The van der Waals surface area contributed by atoms with Crippen molar-refractivity contribution < 1.29 is 13.2 Å². The standard InChI is InChI=1S/C11H14ClNO3S2/c1-2-11(4-3-5-11)13-10(14)8-6-9(17-7-8)18(12,15)16/h6-7H,2-5H2,1H3,(H,13,14).